The van der Waals surface area contributed by atoms with Crippen LogP contribution >= 0.6 is 0 Å². The van der Waals surface area contributed by atoms with Gasteiger partial charge in [0.1, 0.15) is 11.3 Å². The molecule has 0 unspecified atom stereocenters. The van der Waals surface area contributed by atoms with E-state index >= 15 is 0 Å². The maximum absolute atomic E-state index is 14.2. The van der Waals surface area contributed by atoms with Crippen LogP contribution in [0.2, 0.25) is 0 Å². The molecule has 0 radical (unpaired) electrons. The summed E-state index contributed by atoms with van der Waals surface area (Å²) in [6, 6.07) is 5.07. The monoisotopic (exact) mass is 665 g/mol. The van der Waals surface area contributed by atoms with Gasteiger partial charge in [0.25, 0.3) is 5.92 Å². The number of halogens is 5. The first-order valence-corrected chi connectivity index (χ1v) is 16.7. The topological polar surface area (TPSA) is 72.0 Å². The van der Waals surface area contributed by atoms with Crippen molar-refractivity contribution in [2.75, 3.05) is 24.6 Å². The molecule has 2 saturated carbocycles. The molecule has 1 aliphatic heterocycles. The van der Waals surface area contributed by atoms with Crippen molar-refractivity contribution in [3.8, 4) is 11.6 Å². The van der Waals surface area contributed by atoms with E-state index in [-0.39, 0.29) is 60.2 Å². The van der Waals surface area contributed by atoms with Crippen LogP contribution in [0.4, 0.5) is 27.6 Å². The van der Waals surface area contributed by atoms with Gasteiger partial charge >= 0.3 is 6.18 Å². The zero-order valence-corrected chi connectivity index (χ0v) is 27.0. The summed E-state index contributed by atoms with van der Waals surface area (Å²) in [5.41, 5.74) is -0.474. The van der Waals surface area contributed by atoms with Gasteiger partial charge in [-0.2, -0.15) is 13.2 Å². The Kier molecular flexibility index (Phi) is 11.2. The van der Waals surface area contributed by atoms with Crippen LogP contribution < -0.4 is 9.64 Å². The third-order valence-corrected chi connectivity index (χ3v) is 9.70. The van der Waals surface area contributed by atoms with Crippen molar-refractivity contribution in [3.05, 3.63) is 47.2 Å². The number of amides is 1. The van der Waals surface area contributed by atoms with E-state index in [1.807, 2.05) is 6.92 Å². The molecule has 258 valence electrons. The Morgan fingerprint density at radius 3 is 2.45 bits per heavy atom. The summed E-state index contributed by atoms with van der Waals surface area (Å²) in [4.78, 5) is 33.6. The highest BCUT2D eigenvalue weighted by atomic mass is 19.4. The maximum atomic E-state index is 14.2. The number of hydrogen-bond donors (Lipinski definition) is 0. The van der Waals surface area contributed by atoms with E-state index < -0.39 is 30.1 Å². The van der Waals surface area contributed by atoms with Crippen molar-refractivity contribution in [2.45, 2.75) is 109 Å². The van der Waals surface area contributed by atoms with Crippen molar-refractivity contribution in [2.24, 2.45) is 11.8 Å². The second kappa shape index (κ2) is 15.0. The number of hydrogen-bond acceptors (Lipinski definition) is 6. The van der Waals surface area contributed by atoms with Gasteiger partial charge in [0.05, 0.1) is 18.3 Å². The fourth-order valence-corrected chi connectivity index (χ4v) is 7.23. The number of ether oxygens (including phenoxy) is 2. The Morgan fingerprint density at radius 1 is 1.09 bits per heavy atom. The van der Waals surface area contributed by atoms with Gasteiger partial charge in [-0.05, 0) is 107 Å². The number of likely N-dealkylation sites (tertiary alicyclic amines) is 1. The fourth-order valence-electron chi connectivity index (χ4n) is 7.23. The van der Waals surface area contributed by atoms with Crippen molar-refractivity contribution in [3.63, 3.8) is 0 Å². The van der Waals surface area contributed by atoms with Crippen LogP contribution in [-0.4, -0.2) is 59.8 Å². The molecule has 2 aliphatic carbocycles. The van der Waals surface area contributed by atoms with Gasteiger partial charge in [-0.1, -0.05) is 6.92 Å². The molecule has 47 heavy (non-hydrogen) atoms. The van der Waals surface area contributed by atoms with E-state index in [1.54, 1.807) is 11.0 Å². The first-order chi connectivity index (χ1) is 22.4. The number of aldehydes is 1. The summed E-state index contributed by atoms with van der Waals surface area (Å²) in [5, 5.41) is 0. The number of rotatable bonds is 10. The zero-order chi connectivity index (χ0) is 33.8. The molecule has 1 aromatic carbocycles. The summed E-state index contributed by atoms with van der Waals surface area (Å²) >= 11 is 0. The van der Waals surface area contributed by atoms with Gasteiger partial charge in [0.15, 0.2) is 6.29 Å². The Hall–Kier alpha value is -3.12. The number of piperidine rings is 1. The molecule has 1 amide bonds. The standard InChI is InChI=1S/C35H44F5N3O4/c1-3-46-28-11-9-27(10-12-28)43(33(45)25-7-5-23(2)6-8-25)31-14-13-29(18-26(31)21-44)47-32-30(35(38,39)40)17-24(19-41-32)20-42-16-4-15-34(36,37)22-42/h13-14,17-19,21,23,25,27-28H,3-12,15-16,20,22H2,1-2H3/t23-,25-,27-,28-. The lowest BCUT2D eigenvalue weighted by Gasteiger charge is -2.40. The van der Waals surface area contributed by atoms with E-state index in [4.69, 9.17) is 9.47 Å². The third-order valence-electron chi connectivity index (χ3n) is 9.70. The van der Waals surface area contributed by atoms with Crippen LogP contribution in [-0.2, 0) is 22.3 Å². The average molecular weight is 666 g/mol. The van der Waals surface area contributed by atoms with Crippen molar-refractivity contribution < 1.29 is 41.0 Å². The van der Waals surface area contributed by atoms with E-state index in [9.17, 15) is 31.5 Å². The number of carbonyl (C=O) groups excluding carboxylic acids is 2. The molecule has 2 aromatic rings. The van der Waals surface area contributed by atoms with E-state index in [0.717, 1.165) is 44.6 Å². The van der Waals surface area contributed by atoms with Crippen LogP contribution in [0.1, 0.15) is 99.5 Å². The van der Waals surface area contributed by atoms with Crippen LogP contribution in [0.5, 0.6) is 11.6 Å². The van der Waals surface area contributed by atoms with E-state index in [1.165, 1.54) is 23.2 Å². The highest BCUT2D eigenvalue weighted by molar-refractivity contribution is 6.00. The Morgan fingerprint density at radius 2 is 1.81 bits per heavy atom. The Labute approximate surface area is 272 Å². The molecule has 3 aliphatic rings. The Balaban J connectivity index is 1.40. The molecule has 0 N–H and O–H groups in total. The molecular weight excluding hydrogens is 621 g/mol. The normalized spacial score (nSPS) is 25.3. The number of aromatic nitrogens is 1. The number of benzene rings is 1. The Bertz CT molecular complexity index is 1390. The molecule has 0 spiro atoms. The molecular formula is C35H44F5N3O4. The second-order valence-corrected chi connectivity index (χ2v) is 13.4. The highest BCUT2D eigenvalue weighted by Gasteiger charge is 2.39. The first-order valence-electron chi connectivity index (χ1n) is 16.7. The van der Waals surface area contributed by atoms with Crippen molar-refractivity contribution in [1.82, 2.24) is 9.88 Å². The number of anilines is 1. The summed E-state index contributed by atoms with van der Waals surface area (Å²) in [6.45, 7) is 4.46. The van der Waals surface area contributed by atoms with Gasteiger partial charge in [0.2, 0.25) is 11.8 Å². The van der Waals surface area contributed by atoms with Crippen molar-refractivity contribution >= 4 is 17.9 Å². The molecule has 5 rings (SSSR count). The quantitative estimate of drug-likeness (QED) is 0.187. The summed E-state index contributed by atoms with van der Waals surface area (Å²) in [5.74, 6) is -3.29. The molecule has 12 heteroatoms. The molecule has 7 nitrogen and oxygen atoms in total. The lowest BCUT2D eigenvalue weighted by atomic mass is 9.81. The van der Waals surface area contributed by atoms with Gasteiger partial charge in [-0.3, -0.25) is 14.5 Å². The summed E-state index contributed by atoms with van der Waals surface area (Å²) < 4.78 is 81.6. The predicted octanol–water partition coefficient (Wildman–Crippen LogP) is 8.44. The minimum atomic E-state index is -4.83. The number of carbonyl (C=O) groups is 2. The predicted molar refractivity (Wildman–Crippen MR) is 167 cm³/mol. The maximum Gasteiger partial charge on any atom is 0.421 e. The van der Waals surface area contributed by atoms with Crippen LogP contribution in [0.25, 0.3) is 0 Å². The third kappa shape index (κ3) is 8.87. The fraction of sp³-hybridized carbons (Fsp3) is 0.629. The number of alkyl halides is 5. The minimum Gasteiger partial charge on any atom is -0.438 e. The zero-order valence-electron chi connectivity index (χ0n) is 27.0. The van der Waals surface area contributed by atoms with Gasteiger partial charge in [-0.15, -0.1) is 0 Å². The molecule has 1 saturated heterocycles. The molecule has 3 fully saturated rings. The second-order valence-electron chi connectivity index (χ2n) is 13.4. The van der Waals surface area contributed by atoms with Gasteiger partial charge in [0, 0.05) is 43.3 Å². The summed E-state index contributed by atoms with van der Waals surface area (Å²) in [7, 11) is 0. The number of nitrogens with zero attached hydrogens (tertiary/aromatic N) is 3. The highest BCUT2D eigenvalue weighted by Crippen LogP contribution is 2.40. The molecule has 0 bridgehead atoms. The SMILES string of the molecule is CCO[C@H]1CC[C@H](N(c2ccc(Oc3ncc(CN4CCCC(F)(F)C4)cc3C(F)(F)F)cc2C=O)C(=O)[C@H]2CC[C@H](C)CC2)CC1. The largest absolute Gasteiger partial charge is 0.438 e. The minimum absolute atomic E-state index is 0.0309. The first kappa shape index (κ1) is 35.2. The van der Waals surface area contributed by atoms with Crippen LogP contribution in [0, 0.1) is 11.8 Å². The van der Waals surface area contributed by atoms with Gasteiger partial charge < -0.3 is 14.4 Å². The number of pyridine rings is 1. The molecule has 0 atom stereocenters. The smallest absolute Gasteiger partial charge is 0.421 e. The van der Waals surface area contributed by atoms with E-state index in [0.29, 0.717) is 43.9 Å². The van der Waals surface area contributed by atoms with Crippen LogP contribution in [0.3, 0.4) is 0 Å². The average Bonchev–Trinajstić information content (AvgIpc) is 3.02. The van der Waals surface area contributed by atoms with Gasteiger partial charge in [-0.25, -0.2) is 13.8 Å². The van der Waals surface area contributed by atoms with E-state index in [2.05, 4.69) is 11.9 Å². The van der Waals surface area contributed by atoms with Crippen LogP contribution in [0.15, 0.2) is 30.5 Å². The lowest BCUT2D eigenvalue weighted by molar-refractivity contribution is -0.139. The van der Waals surface area contributed by atoms with Crippen molar-refractivity contribution in [1.29, 1.82) is 0 Å². The summed E-state index contributed by atoms with van der Waals surface area (Å²) in [6.07, 6.45) is 3.48. The lowest BCUT2D eigenvalue weighted by Crippen LogP contribution is -2.47. The molecule has 2 heterocycles. The molecule has 1 aromatic heterocycles.